The van der Waals surface area contributed by atoms with E-state index in [-0.39, 0.29) is 0 Å². The van der Waals surface area contributed by atoms with Gasteiger partial charge in [-0.2, -0.15) is 5.10 Å². The Labute approximate surface area is 131 Å². The van der Waals surface area contributed by atoms with Gasteiger partial charge in [-0.25, -0.2) is 0 Å². The average molecular weight is 297 g/mol. The van der Waals surface area contributed by atoms with E-state index < -0.39 is 0 Å². The van der Waals surface area contributed by atoms with Gasteiger partial charge in [0.25, 0.3) is 0 Å². The first-order valence-electron chi connectivity index (χ1n) is 7.90. The highest BCUT2D eigenvalue weighted by molar-refractivity contribution is 5.63. The van der Waals surface area contributed by atoms with Gasteiger partial charge in [-0.3, -0.25) is 0 Å². The van der Waals surface area contributed by atoms with Gasteiger partial charge >= 0.3 is 0 Å². The summed E-state index contributed by atoms with van der Waals surface area (Å²) in [5.74, 6) is 0.798. The summed E-state index contributed by atoms with van der Waals surface area (Å²) in [5, 5.41) is 15.1. The Bertz CT molecular complexity index is 628. The van der Waals surface area contributed by atoms with Crippen LogP contribution in [0.25, 0.3) is 0 Å². The Kier molecular flexibility index (Phi) is 4.53. The molecule has 0 radical (unpaired) electrons. The number of likely N-dealkylation sites (N-methyl/N-ethyl adjacent to an activating group) is 1. The van der Waals surface area contributed by atoms with Crippen LogP contribution >= 0.6 is 0 Å². The zero-order chi connectivity index (χ0) is 15.4. The molecular formula is C17H23N5. The number of nitrogens with zero attached hydrogens (tertiary/aromatic N) is 3. The van der Waals surface area contributed by atoms with Crippen LogP contribution in [0.3, 0.4) is 0 Å². The van der Waals surface area contributed by atoms with Crippen LogP contribution in [-0.4, -0.2) is 36.4 Å². The lowest BCUT2D eigenvalue weighted by atomic mass is 10.1. The molecular weight excluding hydrogens is 274 g/mol. The Morgan fingerprint density at radius 3 is 2.95 bits per heavy atom. The van der Waals surface area contributed by atoms with E-state index in [4.69, 9.17) is 0 Å². The predicted molar refractivity (Wildman–Crippen MR) is 90.8 cm³/mol. The molecule has 0 unspecified atom stereocenters. The van der Waals surface area contributed by atoms with Crippen LogP contribution in [0.4, 0.5) is 17.2 Å². The smallest absolute Gasteiger partial charge is 0.155 e. The Hall–Kier alpha value is -2.14. The van der Waals surface area contributed by atoms with E-state index in [0.717, 1.165) is 36.7 Å². The standard InChI is InChI=1S/C17H23N5/c1-3-13-6-4-5-7-16(13)20-17-10-15(11-19-21-17)22-9-8-14(12-22)18-2/h4-7,10-11,14,18H,3,8-9,12H2,1-2H3,(H,20,21)/t14-/m1/s1. The maximum absolute atomic E-state index is 4.22. The average Bonchev–Trinajstić information content (AvgIpc) is 3.05. The van der Waals surface area contributed by atoms with Gasteiger partial charge < -0.3 is 15.5 Å². The minimum atomic E-state index is 0.561. The van der Waals surface area contributed by atoms with Crippen LogP contribution in [0.2, 0.25) is 0 Å². The topological polar surface area (TPSA) is 53.1 Å². The zero-order valence-electron chi connectivity index (χ0n) is 13.2. The van der Waals surface area contributed by atoms with E-state index in [2.05, 4.69) is 56.9 Å². The van der Waals surface area contributed by atoms with Crippen molar-refractivity contribution in [3.63, 3.8) is 0 Å². The van der Waals surface area contributed by atoms with Crippen LogP contribution in [0.1, 0.15) is 18.9 Å². The quantitative estimate of drug-likeness (QED) is 0.888. The van der Waals surface area contributed by atoms with Gasteiger partial charge in [0.1, 0.15) is 0 Å². The van der Waals surface area contributed by atoms with Gasteiger partial charge in [0.15, 0.2) is 5.82 Å². The number of benzene rings is 1. The third-order valence-corrected chi connectivity index (χ3v) is 4.26. The highest BCUT2D eigenvalue weighted by atomic mass is 15.2. The van der Waals surface area contributed by atoms with E-state index in [1.165, 1.54) is 12.0 Å². The second-order valence-electron chi connectivity index (χ2n) is 5.66. The summed E-state index contributed by atoms with van der Waals surface area (Å²) in [4.78, 5) is 2.35. The molecule has 0 spiro atoms. The van der Waals surface area contributed by atoms with Gasteiger partial charge in [0.05, 0.1) is 11.9 Å². The minimum absolute atomic E-state index is 0.561. The molecule has 0 amide bonds. The fraction of sp³-hybridized carbons (Fsp3) is 0.412. The minimum Gasteiger partial charge on any atom is -0.369 e. The highest BCUT2D eigenvalue weighted by Gasteiger charge is 2.21. The third kappa shape index (κ3) is 3.20. The summed E-state index contributed by atoms with van der Waals surface area (Å²) in [6.07, 6.45) is 4.00. The first-order valence-corrected chi connectivity index (χ1v) is 7.90. The van der Waals surface area contributed by atoms with Gasteiger partial charge in [-0.05, 0) is 31.5 Å². The normalized spacial score (nSPS) is 17.7. The fourth-order valence-corrected chi connectivity index (χ4v) is 2.91. The lowest BCUT2D eigenvalue weighted by Crippen LogP contribution is -2.29. The molecule has 1 fully saturated rings. The molecule has 1 aromatic heterocycles. The van der Waals surface area contributed by atoms with Crippen molar-refractivity contribution >= 4 is 17.2 Å². The van der Waals surface area contributed by atoms with E-state index in [0.29, 0.717) is 6.04 Å². The first-order chi connectivity index (χ1) is 10.8. The van der Waals surface area contributed by atoms with Crippen LogP contribution in [0.5, 0.6) is 0 Å². The molecule has 22 heavy (non-hydrogen) atoms. The number of hydrogen-bond donors (Lipinski definition) is 2. The number of aromatic nitrogens is 2. The number of aryl methyl sites for hydroxylation is 1. The van der Waals surface area contributed by atoms with Crippen molar-refractivity contribution in [2.45, 2.75) is 25.8 Å². The van der Waals surface area contributed by atoms with Crippen molar-refractivity contribution in [3.8, 4) is 0 Å². The molecule has 3 rings (SSSR count). The second kappa shape index (κ2) is 6.75. The fourth-order valence-electron chi connectivity index (χ4n) is 2.91. The summed E-state index contributed by atoms with van der Waals surface area (Å²) in [7, 11) is 2.02. The first kappa shape index (κ1) is 14.8. The number of rotatable bonds is 5. The van der Waals surface area contributed by atoms with Crippen LogP contribution in [0, 0.1) is 0 Å². The number of para-hydroxylation sites is 1. The molecule has 116 valence electrons. The van der Waals surface area contributed by atoms with Crippen molar-refractivity contribution in [3.05, 3.63) is 42.1 Å². The maximum atomic E-state index is 4.22. The molecule has 0 saturated carbocycles. The molecule has 1 atom stereocenters. The molecule has 5 nitrogen and oxygen atoms in total. The number of hydrogen-bond acceptors (Lipinski definition) is 5. The summed E-state index contributed by atoms with van der Waals surface area (Å²) in [6.45, 7) is 4.24. The Morgan fingerprint density at radius 2 is 2.18 bits per heavy atom. The van der Waals surface area contributed by atoms with Gasteiger partial charge in [0, 0.05) is 30.9 Å². The molecule has 2 N–H and O–H groups in total. The van der Waals surface area contributed by atoms with Crippen molar-refractivity contribution in [1.29, 1.82) is 0 Å². The van der Waals surface area contributed by atoms with Gasteiger partial charge in [-0.15, -0.1) is 5.10 Å². The number of nitrogens with one attached hydrogen (secondary N) is 2. The molecule has 0 bridgehead atoms. The summed E-state index contributed by atoms with van der Waals surface area (Å²) >= 11 is 0. The molecule has 1 aliphatic rings. The Balaban J connectivity index is 1.77. The van der Waals surface area contributed by atoms with Gasteiger partial charge in [0.2, 0.25) is 0 Å². The largest absolute Gasteiger partial charge is 0.369 e. The molecule has 0 aliphatic carbocycles. The second-order valence-corrected chi connectivity index (χ2v) is 5.66. The van der Waals surface area contributed by atoms with Crippen LogP contribution in [0.15, 0.2) is 36.5 Å². The molecule has 5 heteroatoms. The van der Waals surface area contributed by atoms with Crippen molar-refractivity contribution in [1.82, 2.24) is 15.5 Å². The van der Waals surface area contributed by atoms with E-state index in [1.807, 2.05) is 19.3 Å². The molecule has 1 saturated heterocycles. The summed E-state index contributed by atoms with van der Waals surface area (Å²) < 4.78 is 0. The van der Waals surface area contributed by atoms with E-state index in [9.17, 15) is 0 Å². The zero-order valence-corrected chi connectivity index (χ0v) is 13.2. The SMILES string of the molecule is CCc1ccccc1Nc1cc(N2CC[C@@H](NC)C2)cnn1. The van der Waals surface area contributed by atoms with Gasteiger partial charge in [-0.1, -0.05) is 25.1 Å². The lowest BCUT2D eigenvalue weighted by molar-refractivity contribution is 0.617. The van der Waals surface area contributed by atoms with E-state index in [1.54, 1.807) is 0 Å². The molecule has 1 aromatic carbocycles. The van der Waals surface area contributed by atoms with Crippen molar-refractivity contribution in [2.24, 2.45) is 0 Å². The monoisotopic (exact) mass is 297 g/mol. The predicted octanol–water partition coefficient (Wildman–Crippen LogP) is 2.58. The highest BCUT2D eigenvalue weighted by Crippen LogP contribution is 2.24. The van der Waals surface area contributed by atoms with Crippen molar-refractivity contribution in [2.75, 3.05) is 30.4 Å². The summed E-state index contributed by atoms with van der Waals surface area (Å²) in [6, 6.07) is 11.0. The van der Waals surface area contributed by atoms with E-state index >= 15 is 0 Å². The third-order valence-electron chi connectivity index (χ3n) is 4.26. The summed E-state index contributed by atoms with van der Waals surface area (Å²) in [5.41, 5.74) is 3.52. The van der Waals surface area contributed by atoms with Crippen LogP contribution < -0.4 is 15.5 Å². The van der Waals surface area contributed by atoms with Crippen LogP contribution in [-0.2, 0) is 6.42 Å². The molecule has 2 heterocycles. The Morgan fingerprint density at radius 1 is 1.32 bits per heavy atom. The maximum Gasteiger partial charge on any atom is 0.155 e. The number of anilines is 3. The lowest BCUT2D eigenvalue weighted by Gasteiger charge is -2.19. The molecule has 1 aliphatic heterocycles. The van der Waals surface area contributed by atoms with Crippen molar-refractivity contribution < 1.29 is 0 Å². The molecule has 2 aromatic rings.